The van der Waals surface area contributed by atoms with Gasteiger partial charge in [0.15, 0.2) is 24.3 Å². The molecule has 1 aliphatic heterocycles. The lowest BCUT2D eigenvalue weighted by atomic mass is 9.92. The summed E-state index contributed by atoms with van der Waals surface area (Å²) in [6.07, 6.45) is -3.04. The summed E-state index contributed by atoms with van der Waals surface area (Å²) in [6.45, 7) is 3.96. The van der Waals surface area contributed by atoms with Gasteiger partial charge in [-0.3, -0.25) is 19.2 Å². The summed E-state index contributed by atoms with van der Waals surface area (Å²) >= 11 is 0. The van der Waals surface area contributed by atoms with Gasteiger partial charge in [-0.05, 0) is 6.08 Å². The molecule has 5 atom stereocenters. The number of carbonyl (C=O) groups excluding carboxylic acids is 5. The lowest BCUT2D eigenvalue weighted by Gasteiger charge is -2.40. The summed E-state index contributed by atoms with van der Waals surface area (Å²) in [4.78, 5) is 63.1. The highest BCUT2D eigenvalue weighted by Gasteiger charge is 2.48. The van der Waals surface area contributed by atoms with Crippen LogP contribution in [0, 0.1) is 0 Å². The summed E-state index contributed by atoms with van der Waals surface area (Å²) in [6, 6.07) is -2.19. The smallest absolute Gasteiger partial charge is 0.373 e. The van der Waals surface area contributed by atoms with Crippen molar-refractivity contribution in [2.45, 2.75) is 58.1 Å². The number of nitrogens with one attached hydrogen (secondary N) is 1. The number of amides is 1. The van der Waals surface area contributed by atoms with Gasteiger partial charge < -0.3 is 40.5 Å². The molecular formula is C19H28N4O10. The first-order chi connectivity index (χ1) is 15.3. The molecule has 0 bridgehead atoms. The second-order valence-corrected chi connectivity index (χ2v) is 6.90. The Morgan fingerprint density at radius 1 is 1.06 bits per heavy atom. The van der Waals surface area contributed by atoms with Crippen molar-refractivity contribution in [2.24, 2.45) is 16.5 Å². The number of carbonyl (C=O) groups is 5. The number of ether oxygens (including phenoxy) is 5. The first kappa shape index (κ1) is 27.2. The molecule has 0 radical (unpaired) electrons. The highest BCUT2D eigenvalue weighted by Crippen LogP contribution is 2.28. The van der Waals surface area contributed by atoms with Gasteiger partial charge in [0.2, 0.25) is 11.7 Å². The van der Waals surface area contributed by atoms with Crippen LogP contribution in [0.3, 0.4) is 0 Å². The monoisotopic (exact) mass is 472 g/mol. The Morgan fingerprint density at radius 2 is 1.67 bits per heavy atom. The molecule has 0 aromatic carbocycles. The Morgan fingerprint density at radius 3 is 2.12 bits per heavy atom. The molecule has 1 aliphatic rings. The number of nitrogens with two attached hydrogens (primary N) is 2. The highest BCUT2D eigenvalue weighted by molar-refractivity contribution is 5.87. The molecule has 5 N–H and O–H groups in total. The second kappa shape index (κ2) is 12.3. The number of rotatable bonds is 9. The van der Waals surface area contributed by atoms with Crippen LogP contribution in [0.1, 0.15) is 27.7 Å². The van der Waals surface area contributed by atoms with Crippen molar-refractivity contribution in [1.82, 2.24) is 5.32 Å². The first-order valence-corrected chi connectivity index (χ1v) is 9.66. The van der Waals surface area contributed by atoms with Gasteiger partial charge in [0.1, 0.15) is 6.61 Å². The molecule has 1 heterocycles. The number of hydrogen-bond donors (Lipinski definition) is 3. The zero-order valence-electron chi connectivity index (χ0n) is 18.9. The molecule has 184 valence electrons. The van der Waals surface area contributed by atoms with E-state index in [2.05, 4.69) is 15.0 Å². The Labute approximate surface area is 189 Å². The van der Waals surface area contributed by atoms with Crippen LogP contribution in [0.4, 0.5) is 0 Å². The van der Waals surface area contributed by atoms with Gasteiger partial charge in [0, 0.05) is 27.7 Å². The van der Waals surface area contributed by atoms with E-state index in [1.807, 2.05) is 0 Å². The van der Waals surface area contributed by atoms with E-state index in [1.165, 1.54) is 13.0 Å². The fraction of sp³-hybridized carbons (Fsp3) is 0.579. The zero-order chi connectivity index (χ0) is 25.3. The van der Waals surface area contributed by atoms with Gasteiger partial charge in [-0.25, -0.2) is 9.79 Å². The van der Waals surface area contributed by atoms with Gasteiger partial charge in [-0.15, -0.1) is 0 Å². The molecule has 0 spiro atoms. The van der Waals surface area contributed by atoms with Gasteiger partial charge in [-0.1, -0.05) is 0 Å². The normalized spacial score (nSPS) is 21.1. The Balaban J connectivity index is 3.62. The van der Waals surface area contributed by atoms with Crippen molar-refractivity contribution in [2.75, 3.05) is 13.7 Å². The third-order valence-electron chi connectivity index (χ3n) is 4.12. The number of esters is 4. The minimum Gasteiger partial charge on any atom is -0.477 e. The third kappa shape index (κ3) is 8.66. The maximum Gasteiger partial charge on any atom is 0.373 e. The summed E-state index contributed by atoms with van der Waals surface area (Å²) in [5, 5.41) is 2.57. The third-order valence-corrected chi connectivity index (χ3v) is 4.12. The molecule has 14 heteroatoms. The molecule has 0 aromatic heterocycles. The molecule has 33 heavy (non-hydrogen) atoms. The van der Waals surface area contributed by atoms with Crippen LogP contribution in [0.5, 0.6) is 0 Å². The summed E-state index contributed by atoms with van der Waals surface area (Å²) in [5.74, 6) is -4.50. The van der Waals surface area contributed by atoms with Gasteiger partial charge in [0.05, 0.1) is 19.2 Å². The SMILES string of the molecule is COC(=O)C1=C[C@H](N=C(N)N)[C@@H](NC(C)=O)[C@H]([C@H](OC(C)=O)[C@@H](COC(C)=O)OC(C)=O)O1. The second-order valence-electron chi connectivity index (χ2n) is 6.90. The zero-order valence-corrected chi connectivity index (χ0v) is 18.9. The Kier molecular flexibility index (Phi) is 10.1. The number of methoxy groups -OCH3 is 1. The fourth-order valence-corrected chi connectivity index (χ4v) is 3.05. The van der Waals surface area contributed by atoms with Gasteiger partial charge in [0.25, 0.3) is 0 Å². The van der Waals surface area contributed by atoms with Gasteiger partial charge >= 0.3 is 23.9 Å². The molecule has 0 saturated heterocycles. The molecule has 1 rings (SSSR count). The molecule has 0 fully saturated rings. The number of aliphatic imine (C=N–C) groups is 1. The van der Waals surface area contributed by atoms with E-state index in [-0.39, 0.29) is 11.7 Å². The number of guanidine groups is 1. The highest BCUT2D eigenvalue weighted by atomic mass is 16.6. The van der Waals surface area contributed by atoms with Crippen LogP contribution in [0.2, 0.25) is 0 Å². The molecular weight excluding hydrogens is 444 g/mol. The molecule has 0 aromatic rings. The van der Waals surface area contributed by atoms with Crippen LogP contribution in [-0.2, 0) is 47.7 Å². The standard InChI is InChI=1S/C19H28N4O10/c1-8(24)22-15-12(23-19(20)21)6-13(18(28)29-5)33-17(15)16(32-11(4)27)14(31-10(3)26)7-30-9(2)25/h6,12,14-17H,7H2,1-5H3,(H,22,24)(H4,20,21,23)/t12-,14+,15+,16+,17+/m0/s1. The lowest BCUT2D eigenvalue weighted by molar-refractivity contribution is -0.187. The van der Waals surface area contributed by atoms with Crippen LogP contribution in [0.25, 0.3) is 0 Å². The van der Waals surface area contributed by atoms with Crippen LogP contribution in [-0.4, -0.2) is 79.9 Å². The molecule has 1 amide bonds. The summed E-state index contributed by atoms with van der Waals surface area (Å²) in [5.41, 5.74) is 11.0. The van der Waals surface area contributed by atoms with E-state index in [9.17, 15) is 24.0 Å². The van der Waals surface area contributed by atoms with E-state index in [4.69, 9.17) is 30.4 Å². The van der Waals surface area contributed by atoms with E-state index < -0.39 is 66.8 Å². The lowest BCUT2D eigenvalue weighted by Crippen LogP contribution is -2.61. The number of hydrogen-bond acceptors (Lipinski definition) is 11. The predicted octanol–water partition coefficient (Wildman–Crippen LogP) is -1.98. The molecule has 14 nitrogen and oxygen atoms in total. The first-order valence-electron chi connectivity index (χ1n) is 9.66. The van der Waals surface area contributed by atoms with E-state index in [0.717, 1.165) is 27.9 Å². The van der Waals surface area contributed by atoms with Crippen molar-refractivity contribution in [3.05, 3.63) is 11.8 Å². The minimum atomic E-state index is -1.48. The van der Waals surface area contributed by atoms with Crippen LogP contribution >= 0.6 is 0 Å². The van der Waals surface area contributed by atoms with Crippen molar-refractivity contribution < 1.29 is 47.7 Å². The maximum atomic E-state index is 12.2. The Bertz CT molecular complexity index is 836. The van der Waals surface area contributed by atoms with Crippen molar-refractivity contribution in [3.8, 4) is 0 Å². The average Bonchev–Trinajstić information content (AvgIpc) is 2.68. The van der Waals surface area contributed by atoms with Crippen molar-refractivity contribution in [1.29, 1.82) is 0 Å². The predicted molar refractivity (Wildman–Crippen MR) is 110 cm³/mol. The van der Waals surface area contributed by atoms with E-state index >= 15 is 0 Å². The van der Waals surface area contributed by atoms with E-state index in [1.54, 1.807) is 0 Å². The average molecular weight is 472 g/mol. The summed E-state index contributed by atoms with van der Waals surface area (Å²) < 4.78 is 25.9. The van der Waals surface area contributed by atoms with Crippen LogP contribution in [0.15, 0.2) is 16.8 Å². The maximum absolute atomic E-state index is 12.2. The molecule has 0 unspecified atom stereocenters. The molecule has 0 saturated carbocycles. The van der Waals surface area contributed by atoms with Crippen molar-refractivity contribution in [3.63, 3.8) is 0 Å². The topological polar surface area (TPSA) is 208 Å². The fourth-order valence-electron chi connectivity index (χ4n) is 3.05. The largest absolute Gasteiger partial charge is 0.477 e. The van der Waals surface area contributed by atoms with Crippen molar-refractivity contribution >= 4 is 35.7 Å². The summed E-state index contributed by atoms with van der Waals surface area (Å²) in [7, 11) is 1.10. The van der Waals surface area contributed by atoms with E-state index in [0.29, 0.717) is 0 Å². The molecule has 0 aliphatic carbocycles. The number of nitrogens with zero attached hydrogens (tertiary/aromatic N) is 1. The van der Waals surface area contributed by atoms with Gasteiger partial charge in [-0.2, -0.15) is 0 Å². The minimum absolute atomic E-state index is 0.356. The quantitative estimate of drug-likeness (QED) is 0.144. The Hall–Kier alpha value is -3.84. The van der Waals surface area contributed by atoms with Crippen LogP contribution < -0.4 is 16.8 Å².